The summed E-state index contributed by atoms with van der Waals surface area (Å²) in [5.41, 5.74) is 0. The highest BCUT2D eigenvalue weighted by molar-refractivity contribution is 4.71. The van der Waals surface area contributed by atoms with Crippen LogP contribution in [0.15, 0.2) is 0 Å². The molecule has 0 aromatic rings. The molecule has 0 amide bonds. The van der Waals surface area contributed by atoms with E-state index in [9.17, 15) is 5.11 Å². The van der Waals surface area contributed by atoms with Gasteiger partial charge in [0.15, 0.2) is 0 Å². The minimum Gasteiger partial charge on any atom is -0.393 e. The summed E-state index contributed by atoms with van der Waals surface area (Å²) in [4.78, 5) is 0. The Balaban J connectivity index is 2.32. The lowest BCUT2D eigenvalue weighted by atomic mass is 9.86. The SMILES string of the molecule is CCCC1CCCCCCC1O. The first-order chi connectivity index (χ1) is 5.84. The van der Waals surface area contributed by atoms with Crippen LogP contribution in [0.25, 0.3) is 0 Å². The van der Waals surface area contributed by atoms with Gasteiger partial charge in [0.05, 0.1) is 6.10 Å². The molecule has 1 rings (SSSR count). The Hall–Kier alpha value is -0.0400. The molecule has 0 saturated heterocycles. The van der Waals surface area contributed by atoms with E-state index in [0.29, 0.717) is 5.92 Å². The Morgan fingerprint density at radius 2 is 1.75 bits per heavy atom. The van der Waals surface area contributed by atoms with Gasteiger partial charge in [0.25, 0.3) is 0 Å². The second-order valence-electron chi connectivity index (χ2n) is 4.11. The van der Waals surface area contributed by atoms with Gasteiger partial charge in [-0.1, -0.05) is 39.0 Å². The first-order valence-corrected chi connectivity index (χ1v) is 5.52. The van der Waals surface area contributed by atoms with Gasteiger partial charge in [-0.3, -0.25) is 0 Å². The lowest BCUT2D eigenvalue weighted by Gasteiger charge is -2.24. The molecule has 0 heterocycles. The first-order valence-electron chi connectivity index (χ1n) is 5.52. The van der Waals surface area contributed by atoms with Crippen molar-refractivity contribution >= 4 is 0 Å². The molecule has 1 nitrogen and oxygen atoms in total. The van der Waals surface area contributed by atoms with Crippen LogP contribution in [0.5, 0.6) is 0 Å². The van der Waals surface area contributed by atoms with E-state index < -0.39 is 0 Å². The summed E-state index contributed by atoms with van der Waals surface area (Å²) < 4.78 is 0. The van der Waals surface area contributed by atoms with Gasteiger partial charge in [-0.15, -0.1) is 0 Å². The number of hydrogen-bond acceptors (Lipinski definition) is 1. The maximum atomic E-state index is 9.81. The lowest BCUT2D eigenvalue weighted by Crippen LogP contribution is -2.21. The number of aliphatic hydroxyl groups excluding tert-OH is 1. The molecule has 0 spiro atoms. The zero-order valence-corrected chi connectivity index (χ0v) is 8.26. The molecule has 72 valence electrons. The van der Waals surface area contributed by atoms with Crippen LogP contribution >= 0.6 is 0 Å². The summed E-state index contributed by atoms with van der Waals surface area (Å²) in [6.45, 7) is 2.21. The maximum absolute atomic E-state index is 9.81. The monoisotopic (exact) mass is 170 g/mol. The summed E-state index contributed by atoms with van der Waals surface area (Å²) >= 11 is 0. The van der Waals surface area contributed by atoms with E-state index in [1.165, 1.54) is 44.9 Å². The number of hydrogen-bond donors (Lipinski definition) is 1. The number of rotatable bonds is 2. The van der Waals surface area contributed by atoms with E-state index in [1.807, 2.05) is 0 Å². The van der Waals surface area contributed by atoms with Crippen molar-refractivity contribution in [3.05, 3.63) is 0 Å². The molecular formula is C11H22O. The van der Waals surface area contributed by atoms with Crippen LogP contribution in [0.2, 0.25) is 0 Å². The summed E-state index contributed by atoms with van der Waals surface area (Å²) in [6, 6.07) is 0. The van der Waals surface area contributed by atoms with Crippen molar-refractivity contribution in [2.75, 3.05) is 0 Å². The maximum Gasteiger partial charge on any atom is 0.0568 e. The molecule has 1 N–H and O–H groups in total. The van der Waals surface area contributed by atoms with E-state index in [-0.39, 0.29) is 6.10 Å². The molecule has 0 radical (unpaired) electrons. The van der Waals surface area contributed by atoms with Crippen molar-refractivity contribution in [1.29, 1.82) is 0 Å². The Labute approximate surface area is 76.2 Å². The first kappa shape index (κ1) is 10.0. The normalized spacial score (nSPS) is 32.5. The molecule has 1 fully saturated rings. The van der Waals surface area contributed by atoms with Crippen molar-refractivity contribution in [2.45, 2.75) is 64.4 Å². The lowest BCUT2D eigenvalue weighted by molar-refractivity contribution is 0.0785. The molecular weight excluding hydrogens is 148 g/mol. The standard InChI is InChI=1S/C11H22O/c1-2-7-10-8-5-3-4-6-9-11(10)12/h10-12H,2-9H2,1H3. The third-order valence-corrected chi connectivity index (χ3v) is 3.03. The fraction of sp³-hybridized carbons (Fsp3) is 1.00. The minimum atomic E-state index is 0.00486. The highest BCUT2D eigenvalue weighted by atomic mass is 16.3. The Kier molecular flexibility index (Phi) is 4.67. The van der Waals surface area contributed by atoms with E-state index >= 15 is 0 Å². The third kappa shape index (κ3) is 3.14. The van der Waals surface area contributed by atoms with Crippen LogP contribution in [0, 0.1) is 5.92 Å². The average molecular weight is 170 g/mol. The fourth-order valence-electron chi connectivity index (χ4n) is 2.25. The molecule has 1 aliphatic carbocycles. The Bertz CT molecular complexity index is 112. The van der Waals surface area contributed by atoms with Crippen molar-refractivity contribution in [3.8, 4) is 0 Å². The van der Waals surface area contributed by atoms with Crippen molar-refractivity contribution in [1.82, 2.24) is 0 Å². The molecule has 0 aromatic carbocycles. The topological polar surface area (TPSA) is 20.2 Å². The summed E-state index contributed by atoms with van der Waals surface area (Å²) in [6.07, 6.45) is 10.0. The Morgan fingerprint density at radius 1 is 1.08 bits per heavy atom. The second kappa shape index (κ2) is 5.58. The van der Waals surface area contributed by atoms with Crippen molar-refractivity contribution < 1.29 is 5.11 Å². The minimum absolute atomic E-state index is 0.00486. The van der Waals surface area contributed by atoms with Gasteiger partial charge >= 0.3 is 0 Å². The van der Waals surface area contributed by atoms with Gasteiger partial charge in [0.1, 0.15) is 0 Å². The zero-order chi connectivity index (χ0) is 8.81. The second-order valence-corrected chi connectivity index (χ2v) is 4.11. The zero-order valence-electron chi connectivity index (χ0n) is 8.26. The predicted molar refractivity (Wildman–Crippen MR) is 52.1 cm³/mol. The molecule has 2 atom stereocenters. The summed E-state index contributed by atoms with van der Waals surface area (Å²) in [5, 5.41) is 9.81. The predicted octanol–water partition coefficient (Wildman–Crippen LogP) is 3.12. The molecule has 0 aromatic heterocycles. The molecule has 12 heavy (non-hydrogen) atoms. The van der Waals surface area contributed by atoms with Crippen LogP contribution in [-0.2, 0) is 0 Å². The van der Waals surface area contributed by atoms with Crippen LogP contribution in [0.4, 0.5) is 0 Å². The van der Waals surface area contributed by atoms with E-state index in [2.05, 4.69) is 6.92 Å². The van der Waals surface area contributed by atoms with E-state index in [1.54, 1.807) is 0 Å². The molecule has 1 saturated carbocycles. The van der Waals surface area contributed by atoms with Gasteiger partial charge in [-0.2, -0.15) is 0 Å². The molecule has 1 heteroatoms. The van der Waals surface area contributed by atoms with Crippen LogP contribution in [0.3, 0.4) is 0 Å². The quantitative estimate of drug-likeness (QED) is 0.675. The number of aliphatic hydroxyl groups is 1. The van der Waals surface area contributed by atoms with Crippen LogP contribution < -0.4 is 0 Å². The van der Waals surface area contributed by atoms with E-state index in [4.69, 9.17) is 0 Å². The van der Waals surface area contributed by atoms with Gasteiger partial charge in [-0.05, 0) is 25.2 Å². The van der Waals surface area contributed by atoms with Crippen LogP contribution in [-0.4, -0.2) is 11.2 Å². The third-order valence-electron chi connectivity index (χ3n) is 3.03. The largest absolute Gasteiger partial charge is 0.393 e. The molecule has 0 bridgehead atoms. The molecule has 1 aliphatic rings. The summed E-state index contributed by atoms with van der Waals surface area (Å²) in [7, 11) is 0. The van der Waals surface area contributed by atoms with E-state index in [0.717, 1.165) is 6.42 Å². The van der Waals surface area contributed by atoms with Gasteiger partial charge in [0, 0.05) is 0 Å². The van der Waals surface area contributed by atoms with Gasteiger partial charge < -0.3 is 5.11 Å². The highest BCUT2D eigenvalue weighted by Gasteiger charge is 2.19. The highest BCUT2D eigenvalue weighted by Crippen LogP contribution is 2.25. The average Bonchev–Trinajstić information content (AvgIpc) is 2.05. The Morgan fingerprint density at radius 3 is 2.42 bits per heavy atom. The van der Waals surface area contributed by atoms with Crippen LogP contribution in [0.1, 0.15) is 58.3 Å². The van der Waals surface area contributed by atoms with Gasteiger partial charge in [0.2, 0.25) is 0 Å². The smallest absolute Gasteiger partial charge is 0.0568 e. The van der Waals surface area contributed by atoms with Crippen molar-refractivity contribution in [2.24, 2.45) is 5.92 Å². The summed E-state index contributed by atoms with van der Waals surface area (Å²) in [5.74, 6) is 0.607. The fourth-order valence-corrected chi connectivity index (χ4v) is 2.25. The van der Waals surface area contributed by atoms with Crippen molar-refractivity contribution in [3.63, 3.8) is 0 Å². The molecule has 2 unspecified atom stereocenters. The van der Waals surface area contributed by atoms with Gasteiger partial charge in [-0.25, -0.2) is 0 Å². The molecule has 0 aliphatic heterocycles.